The first-order valence-corrected chi connectivity index (χ1v) is 7.23. The highest BCUT2D eigenvalue weighted by molar-refractivity contribution is 5.87. The molecule has 0 bridgehead atoms. The molecule has 3 heterocycles. The first-order valence-electron chi connectivity index (χ1n) is 7.23. The molecule has 2 aliphatic heterocycles. The fraction of sp³-hybridized carbons (Fsp3) is 0.500. The van der Waals surface area contributed by atoms with E-state index < -0.39 is 0 Å². The lowest BCUT2D eigenvalue weighted by Gasteiger charge is -2.26. The lowest BCUT2D eigenvalue weighted by atomic mass is 9.85. The van der Waals surface area contributed by atoms with Crippen LogP contribution in [0, 0.1) is 11.8 Å². The number of rotatable bonds is 0. The van der Waals surface area contributed by atoms with Crippen LogP contribution in [0.25, 0.3) is 10.9 Å². The molecule has 0 spiro atoms. The summed E-state index contributed by atoms with van der Waals surface area (Å²) >= 11 is 0. The highest BCUT2D eigenvalue weighted by Crippen LogP contribution is 2.50. The van der Waals surface area contributed by atoms with Crippen molar-refractivity contribution in [3.63, 3.8) is 0 Å². The molecule has 98 valence electrons. The molecule has 0 unspecified atom stereocenters. The monoisotopic (exact) mass is 254 g/mol. The zero-order valence-corrected chi connectivity index (χ0v) is 11.1. The smallest absolute Gasteiger partial charge is 0.0878 e. The van der Waals surface area contributed by atoms with E-state index in [0.717, 1.165) is 18.9 Å². The number of H-pyrrole nitrogens is 1. The largest absolute Gasteiger partial charge is 0.373 e. The van der Waals surface area contributed by atoms with Crippen LogP contribution in [0.2, 0.25) is 0 Å². The van der Waals surface area contributed by atoms with Crippen LogP contribution >= 0.6 is 0 Å². The second-order valence-electron chi connectivity index (χ2n) is 6.39. The van der Waals surface area contributed by atoms with Gasteiger partial charge in [0, 0.05) is 41.5 Å². The molecule has 2 aromatic rings. The van der Waals surface area contributed by atoms with E-state index in [4.69, 9.17) is 4.74 Å². The summed E-state index contributed by atoms with van der Waals surface area (Å²) in [4.78, 5) is 5.98. The SMILES string of the molecule is CN1C[C@@H]2CO[C@@H]3c4cccc5[nH]cc(c45)C[C@@H]1[C@H]23. The lowest BCUT2D eigenvalue weighted by Crippen LogP contribution is -2.32. The topological polar surface area (TPSA) is 28.3 Å². The van der Waals surface area contributed by atoms with Gasteiger partial charge in [0.05, 0.1) is 12.7 Å². The van der Waals surface area contributed by atoms with Crippen molar-refractivity contribution in [2.75, 3.05) is 20.2 Å². The van der Waals surface area contributed by atoms with Crippen LogP contribution in [0.4, 0.5) is 0 Å². The van der Waals surface area contributed by atoms with E-state index in [9.17, 15) is 0 Å². The number of likely N-dealkylation sites (tertiary alicyclic amines) is 1. The Morgan fingerprint density at radius 2 is 2.32 bits per heavy atom. The van der Waals surface area contributed by atoms with E-state index in [2.05, 4.69) is 41.3 Å². The average molecular weight is 254 g/mol. The number of nitrogens with zero attached hydrogens (tertiary/aromatic N) is 1. The first-order chi connectivity index (χ1) is 9.33. The average Bonchev–Trinajstić information content (AvgIpc) is 3.03. The summed E-state index contributed by atoms with van der Waals surface area (Å²) < 4.78 is 6.20. The van der Waals surface area contributed by atoms with Crippen LogP contribution < -0.4 is 0 Å². The number of ether oxygens (including phenoxy) is 1. The summed E-state index contributed by atoms with van der Waals surface area (Å²) in [7, 11) is 2.28. The predicted molar refractivity (Wildman–Crippen MR) is 74.1 cm³/mol. The number of hydrogen-bond donors (Lipinski definition) is 1. The summed E-state index contributed by atoms with van der Waals surface area (Å²) in [6.45, 7) is 2.13. The summed E-state index contributed by atoms with van der Waals surface area (Å²) in [5.74, 6) is 1.41. The number of aromatic amines is 1. The Balaban J connectivity index is 1.80. The van der Waals surface area contributed by atoms with Gasteiger partial charge in [-0.25, -0.2) is 0 Å². The number of nitrogens with one attached hydrogen (secondary N) is 1. The number of likely N-dealkylation sites (N-methyl/N-ethyl adjacent to an activating group) is 1. The Hall–Kier alpha value is -1.32. The maximum Gasteiger partial charge on any atom is 0.0878 e. The van der Waals surface area contributed by atoms with Crippen molar-refractivity contribution >= 4 is 10.9 Å². The summed E-state index contributed by atoms with van der Waals surface area (Å²) in [5.41, 5.74) is 4.15. The zero-order valence-electron chi connectivity index (χ0n) is 11.1. The van der Waals surface area contributed by atoms with Gasteiger partial charge in [0.1, 0.15) is 0 Å². The van der Waals surface area contributed by atoms with Gasteiger partial charge in [-0.05, 0) is 30.7 Å². The number of aromatic nitrogens is 1. The third kappa shape index (κ3) is 1.20. The highest BCUT2D eigenvalue weighted by atomic mass is 16.5. The summed E-state index contributed by atoms with van der Waals surface area (Å²) in [5, 5.41) is 1.43. The molecular weight excluding hydrogens is 236 g/mol. The van der Waals surface area contributed by atoms with Crippen molar-refractivity contribution < 1.29 is 4.74 Å². The quantitative estimate of drug-likeness (QED) is 0.781. The fourth-order valence-corrected chi connectivity index (χ4v) is 4.68. The molecule has 1 aromatic heterocycles. The van der Waals surface area contributed by atoms with Gasteiger partial charge in [0.15, 0.2) is 0 Å². The minimum atomic E-state index is 0.306. The van der Waals surface area contributed by atoms with Gasteiger partial charge in [-0.2, -0.15) is 0 Å². The molecule has 0 saturated carbocycles. The van der Waals surface area contributed by atoms with E-state index in [1.165, 1.54) is 28.6 Å². The minimum Gasteiger partial charge on any atom is -0.373 e. The Morgan fingerprint density at radius 1 is 1.37 bits per heavy atom. The Bertz CT molecular complexity index is 662. The van der Waals surface area contributed by atoms with Gasteiger partial charge >= 0.3 is 0 Å². The molecule has 1 aromatic carbocycles. The standard InChI is InChI=1S/C16H18N2O/c1-18-7-10-8-19-16-11-3-2-4-12-14(11)9(6-17-12)5-13(18)15(10)16/h2-4,6,10,13,15-17H,5,7-8H2,1H3/t10-,13-,15+,16-/m1/s1. The maximum atomic E-state index is 6.20. The normalized spacial score (nSPS) is 36.7. The van der Waals surface area contributed by atoms with Gasteiger partial charge in [-0.1, -0.05) is 12.1 Å². The second kappa shape index (κ2) is 3.41. The maximum absolute atomic E-state index is 6.20. The molecule has 5 rings (SSSR count). The van der Waals surface area contributed by atoms with Crippen LogP contribution in [-0.2, 0) is 11.2 Å². The Morgan fingerprint density at radius 3 is 3.26 bits per heavy atom. The summed E-state index contributed by atoms with van der Waals surface area (Å²) in [6, 6.07) is 7.25. The van der Waals surface area contributed by atoms with Gasteiger partial charge in [0.2, 0.25) is 0 Å². The molecule has 3 aliphatic rings. The van der Waals surface area contributed by atoms with Gasteiger partial charge in [-0.3, -0.25) is 0 Å². The molecule has 1 aliphatic carbocycles. The van der Waals surface area contributed by atoms with Crippen LogP contribution in [0.1, 0.15) is 17.2 Å². The van der Waals surface area contributed by atoms with Crippen LogP contribution in [0.15, 0.2) is 24.4 Å². The molecule has 0 amide bonds. The number of hydrogen-bond acceptors (Lipinski definition) is 2. The molecular formula is C16H18N2O. The minimum absolute atomic E-state index is 0.306. The van der Waals surface area contributed by atoms with Crippen molar-refractivity contribution in [2.24, 2.45) is 11.8 Å². The molecule has 1 N–H and O–H groups in total. The van der Waals surface area contributed by atoms with Gasteiger partial charge in [0.25, 0.3) is 0 Å². The van der Waals surface area contributed by atoms with E-state index >= 15 is 0 Å². The molecule has 4 atom stereocenters. The Labute approximate surface area is 112 Å². The number of benzene rings is 1. The van der Waals surface area contributed by atoms with E-state index in [0.29, 0.717) is 18.1 Å². The Kier molecular flexibility index (Phi) is 1.88. The van der Waals surface area contributed by atoms with Gasteiger partial charge < -0.3 is 14.6 Å². The lowest BCUT2D eigenvalue weighted by molar-refractivity contribution is 0.0642. The fourth-order valence-electron chi connectivity index (χ4n) is 4.68. The predicted octanol–water partition coefficient (Wildman–Crippen LogP) is 2.34. The molecule has 19 heavy (non-hydrogen) atoms. The van der Waals surface area contributed by atoms with Crippen LogP contribution in [-0.4, -0.2) is 36.1 Å². The van der Waals surface area contributed by atoms with Crippen molar-refractivity contribution in [1.29, 1.82) is 0 Å². The van der Waals surface area contributed by atoms with Crippen molar-refractivity contribution in [1.82, 2.24) is 9.88 Å². The molecule has 0 radical (unpaired) electrons. The highest BCUT2D eigenvalue weighted by Gasteiger charge is 2.51. The zero-order chi connectivity index (χ0) is 12.6. The van der Waals surface area contributed by atoms with Gasteiger partial charge in [-0.15, -0.1) is 0 Å². The first kappa shape index (κ1) is 10.5. The van der Waals surface area contributed by atoms with Crippen molar-refractivity contribution in [2.45, 2.75) is 18.6 Å². The van der Waals surface area contributed by atoms with E-state index in [1.54, 1.807) is 0 Å². The molecule has 2 saturated heterocycles. The molecule has 2 fully saturated rings. The van der Waals surface area contributed by atoms with Crippen molar-refractivity contribution in [3.8, 4) is 0 Å². The summed E-state index contributed by atoms with van der Waals surface area (Å²) in [6.07, 6.45) is 3.67. The molecule has 3 heteroatoms. The third-order valence-corrected chi connectivity index (χ3v) is 5.47. The van der Waals surface area contributed by atoms with Crippen LogP contribution in [0.5, 0.6) is 0 Å². The third-order valence-electron chi connectivity index (χ3n) is 5.47. The van der Waals surface area contributed by atoms with Crippen LogP contribution in [0.3, 0.4) is 0 Å². The van der Waals surface area contributed by atoms with Crippen molar-refractivity contribution in [3.05, 3.63) is 35.5 Å². The van der Waals surface area contributed by atoms with E-state index in [1.807, 2.05) is 0 Å². The number of fused-ring (bicyclic) bond motifs is 1. The molecule has 3 nitrogen and oxygen atoms in total. The second-order valence-corrected chi connectivity index (χ2v) is 6.39. The van der Waals surface area contributed by atoms with E-state index in [-0.39, 0.29) is 0 Å².